The SMILES string of the molecule is CC(=O)N1CCCCC[C@@H]2[C@@H]1C[C@@H](Cc1ccccc1)N2Cc1ccnn1C. The molecule has 2 fully saturated rings. The van der Waals surface area contributed by atoms with Crippen LogP contribution in [0.1, 0.15) is 50.3 Å². The first kappa shape index (κ1) is 19.2. The van der Waals surface area contributed by atoms with Crippen LogP contribution < -0.4 is 0 Å². The number of amides is 1. The number of nitrogens with zero attached hydrogens (tertiary/aromatic N) is 4. The summed E-state index contributed by atoms with van der Waals surface area (Å²) in [7, 11) is 2.02. The van der Waals surface area contributed by atoms with Gasteiger partial charge in [0.05, 0.1) is 5.69 Å². The molecular formula is C23H32N4O. The maximum absolute atomic E-state index is 12.4. The molecule has 2 aromatic rings. The van der Waals surface area contributed by atoms with Crippen LogP contribution in [-0.2, 0) is 24.8 Å². The summed E-state index contributed by atoms with van der Waals surface area (Å²) in [5, 5.41) is 4.37. The van der Waals surface area contributed by atoms with Gasteiger partial charge >= 0.3 is 0 Å². The normalized spacial score (nSPS) is 25.9. The van der Waals surface area contributed by atoms with E-state index in [1.807, 2.05) is 17.9 Å². The van der Waals surface area contributed by atoms with E-state index in [9.17, 15) is 4.79 Å². The molecule has 150 valence electrons. The van der Waals surface area contributed by atoms with Gasteiger partial charge in [0.15, 0.2) is 0 Å². The maximum atomic E-state index is 12.4. The number of aryl methyl sites for hydroxylation is 1. The van der Waals surface area contributed by atoms with Crippen molar-refractivity contribution >= 4 is 5.91 Å². The lowest BCUT2D eigenvalue weighted by molar-refractivity contribution is -0.132. The molecule has 2 aliphatic rings. The maximum Gasteiger partial charge on any atom is 0.219 e. The molecule has 1 aromatic heterocycles. The molecule has 0 spiro atoms. The van der Waals surface area contributed by atoms with E-state index in [1.165, 1.54) is 30.5 Å². The van der Waals surface area contributed by atoms with Crippen LogP contribution in [0.3, 0.4) is 0 Å². The zero-order valence-electron chi connectivity index (χ0n) is 17.1. The van der Waals surface area contributed by atoms with Gasteiger partial charge in [-0.3, -0.25) is 14.4 Å². The molecule has 3 heterocycles. The van der Waals surface area contributed by atoms with Crippen molar-refractivity contribution in [3.63, 3.8) is 0 Å². The summed E-state index contributed by atoms with van der Waals surface area (Å²) in [6.45, 7) is 3.56. The highest BCUT2D eigenvalue weighted by molar-refractivity contribution is 5.73. The minimum Gasteiger partial charge on any atom is -0.338 e. The van der Waals surface area contributed by atoms with Gasteiger partial charge in [-0.25, -0.2) is 0 Å². The van der Waals surface area contributed by atoms with E-state index in [1.54, 1.807) is 6.92 Å². The minimum atomic E-state index is 0.234. The number of rotatable bonds is 4. The van der Waals surface area contributed by atoms with Crippen LogP contribution in [0.2, 0.25) is 0 Å². The average molecular weight is 381 g/mol. The van der Waals surface area contributed by atoms with Gasteiger partial charge in [0.1, 0.15) is 0 Å². The molecule has 2 saturated heterocycles. The van der Waals surface area contributed by atoms with Crippen molar-refractivity contribution in [2.75, 3.05) is 6.54 Å². The first-order chi connectivity index (χ1) is 13.6. The van der Waals surface area contributed by atoms with Crippen molar-refractivity contribution in [3.8, 4) is 0 Å². The lowest BCUT2D eigenvalue weighted by Crippen LogP contribution is -2.48. The summed E-state index contributed by atoms with van der Waals surface area (Å²) < 4.78 is 1.98. The van der Waals surface area contributed by atoms with E-state index in [2.05, 4.69) is 51.3 Å². The number of aromatic nitrogens is 2. The van der Waals surface area contributed by atoms with Crippen molar-refractivity contribution in [1.29, 1.82) is 0 Å². The molecule has 2 aliphatic heterocycles. The van der Waals surface area contributed by atoms with Gasteiger partial charge in [-0.2, -0.15) is 5.10 Å². The van der Waals surface area contributed by atoms with Crippen LogP contribution in [0.5, 0.6) is 0 Å². The largest absolute Gasteiger partial charge is 0.338 e. The molecule has 0 radical (unpaired) electrons. The Kier molecular flexibility index (Phi) is 5.81. The summed E-state index contributed by atoms with van der Waals surface area (Å²) >= 11 is 0. The monoisotopic (exact) mass is 380 g/mol. The van der Waals surface area contributed by atoms with E-state index < -0.39 is 0 Å². The number of carbonyl (C=O) groups is 1. The Morgan fingerprint density at radius 3 is 2.64 bits per heavy atom. The third-order valence-corrected chi connectivity index (χ3v) is 6.64. The Morgan fingerprint density at radius 1 is 1.11 bits per heavy atom. The van der Waals surface area contributed by atoms with Crippen LogP contribution in [0.15, 0.2) is 42.6 Å². The lowest BCUT2D eigenvalue weighted by Gasteiger charge is -2.37. The number of hydrogen-bond donors (Lipinski definition) is 0. The molecule has 5 nitrogen and oxygen atoms in total. The number of carbonyl (C=O) groups excluding carboxylic acids is 1. The van der Waals surface area contributed by atoms with Crippen LogP contribution in [0, 0.1) is 0 Å². The third-order valence-electron chi connectivity index (χ3n) is 6.64. The molecule has 4 rings (SSSR count). The van der Waals surface area contributed by atoms with Gasteiger partial charge in [0.25, 0.3) is 0 Å². The Morgan fingerprint density at radius 2 is 1.93 bits per heavy atom. The van der Waals surface area contributed by atoms with Gasteiger partial charge in [0.2, 0.25) is 5.91 Å². The Hall–Kier alpha value is -2.14. The van der Waals surface area contributed by atoms with Gasteiger partial charge in [-0.1, -0.05) is 43.2 Å². The molecule has 1 amide bonds. The summed E-state index contributed by atoms with van der Waals surface area (Å²) in [6, 6.07) is 14.1. The summed E-state index contributed by atoms with van der Waals surface area (Å²) in [5.74, 6) is 0.234. The van der Waals surface area contributed by atoms with Crippen LogP contribution in [0.25, 0.3) is 0 Å². The van der Waals surface area contributed by atoms with Crippen molar-refractivity contribution in [2.45, 2.75) is 70.1 Å². The van der Waals surface area contributed by atoms with E-state index >= 15 is 0 Å². The molecule has 0 bridgehead atoms. The Balaban J connectivity index is 1.64. The standard InChI is InChI=1S/C23H32N4O/c1-18(28)26-14-8-4-7-11-22-23(26)16-21(15-19-9-5-3-6-10-19)27(22)17-20-12-13-24-25(20)2/h3,5-6,9-10,12-13,21-23H,4,7-8,11,14-17H2,1-2H3/t21-,22-,23+/m1/s1. The first-order valence-corrected chi connectivity index (χ1v) is 10.7. The highest BCUT2D eigenvalue weighted by Crippen LogP contribution is 2.36. The van der Waals surface area contributed by atoms with Crippen molar-refractivity contribution in [3.05, 3.63) is 53.9 Å². The predicted octanol–water partition coefficient (Wildman–Crippen LogP) is 3.40. The molecule has 1 aromatic carbocycles. The quantitative estimate of drug-likeness (QED) is 0.816. The topological polar surface area (TPSA) is 41.4 Å². The predicted molar refractivity (Wildman–Crippen MR) is 111 cm³/mol. The van der Waals surface area contributed by atoms with Crippen molar-refractivity contribution < 1.29 is 4.79 Å². The van der Waals surface area contributed by atoms with E-state index in [-0.39, 0.29) is 5.91 Å². The first-order valence-electron chi connectivity index (χ1n) is 10.7. The van der Waals surface area contributed by atoms with Crippen LogP contribution >= 0.6 is 0 Å². The molecule has 3 atom stereocenters. The summed E-state index contributed by atoms with van der Waals surface area (Å²) in [6.07, 6.45) is 8.78. The number of fused-ring (bicyclic) bond motifs is 1. The van der Waals surface area contributed by atoms with Crippen molar-refractivity contribution in [2.24, 2.45) is 7.05 Å². The third kappa shape index (κ3) is 4.00. The minimum absolute atomic E-state index is 0.234. The second-order valence-electron chi connectivity index (χ2n) is 8.39. The highest BCUT2D eigenvalue weighted by atomic mass is 16.2. The van der Waals surface area contributed by atoms with E-state index in [0.717, 1.165) is 32.4 Å². The molecule has 0 saturated carbocycles. The van der Waals surface area contributed by atoms with E-state index in [0.29, 0.717) is 18.1 Å². The van der Waals surface area contributed by atoms with E-state index in [4.69, 9.17) is 0 Å². The number of hydrogen-bond acceptors (Lipinski definition) is 3. The van der Waals surface area contributed by atoms with Gasteiger partial charge < -0.3 is 4.90 Å². The zero-order chi connectivity index (χ0) is 19.5. The molecule has 0 N–H and O–H groups in total. The second kappa shape index (κ2) is 8.48. The van der Waals surface area contributed by atoms with Crippen molar-refractivity contribution in [1.82, 2.24) is 19.6 Å². The fourth-order valence-corrected chi connectivity index (χ4v) is 5.20. The van der Waals surface area contributed by atoms with Gasteiger partial charge in [-0.05, 0) is 37.3 Å². The second-order valence-corrected chi connectivity index (χ2v) is 8.39. The molecule has 5 heteroatoms. The molecular weight excluding hydrogens is 348 g/mol. The fraction of sp³-hybridized carbons (Fsp3) is 0.565. The molecule has 0 aliphatic carbocycles. The average Bonchev–Trinajstić information content (AvgIpc) is 3.20. The molecule has 0 unspecified atom stereocenters. The Labute approximate surface area is 168 Å². The van der Waals surface area contributed by atoms with Gasteiger partial charge in [-0.15, -0.1) is 0 Å². The molecule has 28 heavy (non-hydrogen) atoms. The lowest BCUT2D eigenvalue weighted by atomic mass is 9.96. The highest BCUT2D eigenvalue weighted by Gasteiger charge is 2.44. The Bertz CT molecular complexity index is 787. The number of likely N-dealkylation sites (tertiary alicyclic amines) is 2. The summed E-state index contributed by atoms with van der Waals surface area (Å²) in [5.41, 5.74) is 2.63. The zero-order valence-corrected chi connectivity index (χ0v) is 17.1. The number of benzene rings is 1. The smallest absolute Gasteiger partial charge is 0.219 e. The van der Waals surface area contributed by atoms with Crippen LogP contribution in [-0.4, -0.2) is 50.2 Å². The van der Waals surface area contributed by atoms with Gasteiger partial charge in [0, 0.05) is 51.4 Å². The summed E-state index contributed by atoms with van der Waals surface area (Å²) in [4.78, 5) is 17.3. The van der Waals surface area contributed by atoms with Crippen LogP contribution in [0.4, 0.5) is 0 Å². The fourth-order valence-electron chi connectivity index (χ4n) is 5.20.